The number of tetrazole rings is 1. The largest absolute Gasteiger partial charge is 0.417 e. The van der Waals surface area contributed by atoms with E-state index in [9.17, 15) is 30.0 Å². The molecule has 32 heavy (non-hydrogen) atoms. The lowest BCUT2D eigenvalue weighted by molar-refractivity contribution is -0.139. The third-order valence-electron chi connectivity index (χ3n) is 4.74. The molecule has 0 radical (unpaired) electrons. The molecule has 0 aliphatic heterocycles. The molecule has 1 saturated carbocycles. The Morgan fingerprint density at radius 1 is 1.03 bits per heavy atom. The maximum absolute atomic E-state index is 13.6. The Morgan fingerprint density at radius 3 is 2.19 bits per heavy atom. The highest BCUT2D eigenvalue weighted by atomic mass is 32.2. The zero-order valence-corrected chi connectivity index (χ0v) is 17.6. The van der Waals surface area contributed by atoms with Crippen molar-refractivity contribution in [2.45, 2.75) is 29.2 Å². The number of aromatic nitrogens is 4. The lowest BCUT2D eigenvalue weighted by atomic mass is 9.96. The number of H-pyrrole nitrogens is 1. The maximum Gasteiger partial charge on any atom is 0.417 e. The molecule has 0 amide bonds. The summed E-state index contributed by atoms with van der Waals surface area (Å²) in [5.74, 6) is -0.409. The van der Waals surface area contributed by atoms with E-state index in [4.69, 9.17) is 5.14 Å². The van der Waals surface area contributed by atoms with Crippen molar-refractivity contribution in [1.82, 2.24) is 20.6 Å². The average Bonchev–Trinajstić information content (AvgIpc) is 3.43. The van der Waals surface area contributed by atoms with E-state index in [0.29, 0.717) is 18.9 Å². The van der Waals surface area contributed by atoms with Crippen LogP contribution in [0.25, 0.3) is 22.5 Å². The summed E-state index contributed by atoms with van der Waals surface area (Å²) in [5, 5.41) is 17.3. The van der Waals surface area contributed by atoms with Crippen LogP contribution in [0.4, 0.5) is 18.9 Å². The van der Waals surface area contributed by atoms with E-state index in [0.717, 1.165) is 6.07 Å². The van der Waals surface area contributed by atoms with Crippen molar-refractivity contribution in [3.63, 3.8) is 0 Å². The molecular weight excluding hydrogens is 473 g/mol. The van der Waals surface area contributed by atoms with Crippen LogP contribution in [0.5, 0.6) is 0 Å². The van der Waals surface area contributed by atoms with E-state index in [-0.39, 0.29) is 16.8 Å². The number of hydrogen-bond donors (Lipinski definition) is 3. The van der Waals surface area contributed by atoms with Crippen LogP contribution in [0.15, 0.2) is 41.3 Å². The first-order chi connectivity index (χ1) is 14.9. The van der Waals surface area contributed by atoms with Gasteiger partial charge in [0.25, 0.3) is 0 Å². The van der Waals surface area contributed by atoms with E-state index in [2.05, 4.69) is 25.3 Å². The molecule has 15 heteroatoms. The standard InChI is InChI=1S/C17H15F3N6O4S2/c18-17(19,20)13-8-7-12(14(15(13)31(21,27)28)16-22-25-26-23-16)9-1-3-10(4-2-9)24-32(29,30)11-5-6-11/h1-4,7-8,11,24H,5-6H2,(H2,21,27,28)(H,22,23,25,26). The Morgan fingerprint density at radius 2 is 1.69 bits per heavy atom. The van der Waals surface area contributed by atoms with Crippen LogP contribution in [0, 0.1) is 0 Å². The highest BCUT2D eigenvalue weighted by Gasteiger charge is 2.40. The van der Waals surface area contributed by atoms with Gasteiger partial charge in [-0.1, -0.05) is 18.2 Å². The highest BCUT2D eigenvalue weighted by molar-refractivity contribution is 7.93. The summed E-state index contributed by atoms with van der Waals surface area (Å²) in [5.41, 5.74) is -1.40. The average molecular weight is 488 g/mol. The quantitative estimate of drug-likeness (QED) is 0.479. The van der Waals surface area contributed by atoms with Gasteiger partial charge in [-0.3, -0.25) is 4.72 Å². The number of nitrogens with zero attached hydrogens (tertiary/aromatic N) is 3. The molecule has 4 rings (SSSR count). The van der Waals surface area contributed by atoms with E-state index >= 15 is 0 Å². The molecular formula is C17H15F3N6O4S2. The molecule has 3 aromatic rings. The molecule has 0 spiro atoms. The summed E-state index contributed by atoms with van der Waals surface area (Å²) >= 11 is 0. The van der Waals surface area contributed by atoms with Crippen LogP contribution >= 0.6 is 0 Å². The van der Waals surface area contributed by atoms with Crippen molar-refractivity contribution in [3.8, 4) is 22.5 Å². The summed E-state index contributed by atoms with van der Waals surface area (Å²) in [4.78, 5) is -1.19. The van der Waals surface area contributed by atoms with Gasteiger partial charge in [0.15, 0.2) is 0 Å². The van der Waals surface area contributed by atoms with Crippen LogP contribution in [0.3, 0.4) is 0 Å². The molecule has 4 N–H and O–H groups in total. The van der Waals surface area contributed by atoms with Gasteiger partial charge >= 0.3 is 6.18 Å². The number of nitrogens with one attached hydrogen (secondary N) is 2. The number of rotatable bonds is 6. The number of primary sulfonamides is 1. The number of aromatic amines is 1. The molecule has 2 aromatic carbocycles. The fraction of sp³-hybridized carbons (Fsp3) is 0.235. The summed E-state index contributed by atoms with van der Waals surface area (Å²) in [6.45, 7) is 0. The van der Waals surface area contributed by atoms with E-state index < -0.39 is 53.3 Å². The normalized spacial score (nSPS) is 15.0. The summed E-state index contributed by atoms with van der Waals surface area (Å²) in [7, 11) is -8.38. The number of hydrogen-bond acceptors (Lipinski definition) is 7. The van der Waals surface area contributed by atoms with E-state index in [1.807, 2.05) is 0 Å². The molecule has 0 saturated heterocycles. The molecule has 1 aliphatic carbocycles. The molecule has 10 nitrogen and oxygen atoms in total. The Labute approximate surface area is 180 Å². The van der Waals surface area contributed by atoms with Crippen molar-refractivity contribution in [2.24, 2.45) is 5.14 Å². The maximum atomic E-state index is 13.6. The molecule has 0 unspecified atom stereocenters. The third-order valence-corrected chi connectivity index (χ3v) is 7.60. The van der Waals surface area contributed by atoms with Gasteiger partial charge in [0.1, 0.15) is 4.90 Å². The molecule has 170 valence electrons. The monoisotopic (exact) mass is 488 g/mol. The molecule has 1 fully saturated rings. The minimum atomic E-state index is -5.02. The Hall–Kier alpha value is -3.04. The Kier molecular flexibility index (Phi) is 5.21. The van der Waals surface area contributed by atoms with Crippen LogP contribution < -0.4 is 9.86 Å². The third kappa shape index (κ3) is 4.31. The summed E-state index contributed by atoms with van der Waals surface area (Å²) in [6, 6.07) is 7.32. The number of alkyl halides is 3. The van der Waals surface area contributed by atoms with E-state index in [1.165, 1.54) is 24.3 Å². The van der Waals surface area contributed by atoms with Crippen molar-refractivity contribution < 1.29 is 30.0 Å². The van der Waals surface area contributed by atoms with Crippen LogP contribution in [0.2, 0.25) is 0 Å². The topological polar surface area (TPSA) is 161 Å². The van der Waals surface area contributed by atoms with Gasteiger partial charge in [0, 0.05) is 5.69 Å². The first-order valence-corrected chi connectivity index (χ1v) is 12.1. The Balaban J connectivity index is 1.88. The van der Waals surface area contributed by atoms with Gasteiger partial charge in [-0.25, -0.2) is 22.0 Å². The van der Waals surface area contributed by atoms with Gasteiger partial charge in [-0.05, 0) is 47.4 Å². The zero-order valence-electron chi connectivity index (χ0n) is 16.0. The zero-order chi connectivity index (χ0) is 23.3. The smallest absolute Gasteiger partial charge is 0.283 e. The fourth-order valence-electron chi connectivity index (χ4n) is 3.18. The Bertz CT molecular complexity index is 1370. The van der Waals surface area contributed by atoms with Crippen LogP contribution in [-0.4, -0.2) is 42.7 Å². The molecule has 0 bridgehead atoms. The molecule has 1 heterocycles. The van der Waals surface area contributed by atoms with Gasteiger partial charge in [0.2, 0.25) is 25.9 Å². The number of anilines is 1. The van der Waals surface area contributed by atoms with Crippen molar-refractivity contribution in [3.05, 3.63) is 42.0 Å². The van der Waals surface area contributed by atoms with Crippen molar-refractivity contribution >= 4 is 25.7 Å². The summed E-state index contributed by atoms with van der Waals surface area (Å²) in [6.07, 6.45) is -3.88. The van der Waals surface area contributed by atoms with E-state index in [1.54, 1.807) is 0 Å². The molecule has 1 aliphatic rings. The minimum Gasteiger partial charge on any atom is -0.283 e. The number of halogens is 3. The fourth-order valence-corrected chi connectivity index (χ4v) is 5.54. The first-order valence-electron chi connectivity index (χ1n) is 9.01. The highest BCUT2D eigenvalue weighted by Crippen LogP contribution is 2.43. The minimum absolute atomic E-state index is 0.0278. The lowest BCUT2D eigenvalue weighted by Gasteiger charge is -2.17. The van der Waals surface area contributed by atoms with Crippen LogP contribution in [0.1, 0.15) is 18.4 Å². The first kappa shape index (κ1) is 22.2. The lowest BCUT2D eigenvalue weighted by Crippen LogP contribution is -2.21. The van der Waals surface area contributed by atoms with Crippen molar-refractivity contribution in [2.75, 3.05) is 4.72 Å². The van der Waals surface area contributed by atoms with Crippen LogP contribution in [-0.2, 0) is 26.2 Å². The number of benzene rings is 2. The number of nitrogens with two attached hydrogens (primary N) is 1. The van der Waals surface area contributed by atoms with Gasteiger partial charge in [-0.15, -0.1) is 10.2 Å². The van der Waals surface area contributed by atoms with Gasteiger partial charge in [-0.2, -0.15) is 18.4 Å². The predicted molar refractivity (Wildman–Crippen MR) is 107 cm³/mol. The van der Waals surface area contributed by atoms with Gasteiger partial charge < -0.3 is 0 Å². The molecule has 0 atom stereocenters. The second-order valence-electron chi connectivity index (χ2n) is 7.07. The molecule has 1 aromatic heterocycles. The second-order valence-corrected chi connectivity index (χ2v) is 10.5. The summed E-state index contributed by atoms with van der Waals surface area (Å²) < 4.78 is 91.7. The van der Waals surface area contributed by atoms with Gasteiger partial charge in [0.05, 0.1) is 16.4 Å². The van der Waals surface area contributed by atoms with Crippen molar-refractivity contribution in [1.29, 1.82) is 0 Å². The number of sulfonamides is 2. The predicted octanol–water partition coefficient (Wildman–Crippen LogP) is 2.10. The SMILES string of the molecule is NS(=O)(=O)c1c(C(F)(F)F)ccc(-c2ccc(NS(=O)(=O)C3CC3)cc2)c1-c1nn[nH]n1. The second kappa shape index (κ2) is 7.53.